The lowest BCUT2D eigenvalue weighted by Crippen LogP contribution is -2.08. The van der Waals surface area contributed by atoms with E-state index in [0.717, 1.165) is 15.7 Å². The highest BCUT2D eigenvalue weighted by atomic mass is 79.9. The molecular formula is C16H17BrFNO. The number of anilines is 1. The third-order valence-corrected chi connectivity index (χ3v) is 3.54. The maximum Gasteiger partial charge on any atom is 0.129 e. The van der Waals surface area contributed by atoms with Gasteiger partial charge < -0.3 is 10.1 Å². The molecule has 1 N–H and O–H groups in total. The van der Waals surface area contributed by atoms with Crippen molar-refractivity contribution in [3.63, 3.8) is 0 Å². The molecule has 0 saturated heterocycles. The molecule has 2 aromatic rings. The van der Waals surface area contributed by atoms with E-state index >= 15 is 0 Å². The van der Waals surface area contributed by atoms with E-state index in [2.05, 4.69) is 21.2 Å². The molecule has 2 aromatic carbocycles. The smallest absolute Gasteiger partial charge is 0.129 e. The fourth-order valence-corrected chi connectivity index (χ4v) is 2.43. The molecule has 0 aliphatic heterocycles. The number of nitrogens with one attached hydrogen (secondary N) is 1. The third kappa shape index (κ3) is 3.81. The van der Waals surface area contributed by atoms with Crippen molar-refractivity contribution in [3.05, 3.63) is 63.9 Å². The minimum atomic E-state index is -0.215. The van der Waals surface area contributed by atoms with E-state index in [1.165, 1.54) is 6.07 Å². The Morgan fingerprint density at radius 1 is 1.25 bits per heavy atom. The molecule has 0 heterocycles. The first-order valence-electron chi connectivity index (χ1n) is 6.39. The molecule has 1 atom stereocenters. The van der Waals surface area contributed by atoms with Crippen LogP contribution in [-0.4, -0.2) is 7.11 Å². The number of halogens is 2. The van der Waals surface area contributed by atoms with Gasteiger partial charge in [-0.05, 0) is 36.8 Å². The van der Waals surface area contributed by atoms with E-state index in [4.69, 9.17) is 4.74 Å². The second-order valence-corrected chi connectivity index (χ2v) is 5.58. The maximum atomic E-state index is 13.9. The lowest BCUT2D eigenvalue weighted by Gasteiger charge is -2.17. The van der Waals surface area contributed by atoms with Gasteiger partial charge in [-0.15, -0.1) is 0 Å². The van der Waals surface area contributed by atoms with Gasteiger partial charge in [-0.3, -0.25) is 0 Å². The Morgan fingerprint density at radius 3 is 2.75 bits per heavy atom. The fourth-order valence-electron chi connectivity index (χ4n) is 2.10. The van der Waals surface area contributed by atoms with Crippen LogP contribution in [0.1, 0.15) is 24.1 Å². The Kier molecular flexibility index (Phi) is 5.15. The Balaban J connectivity index is 2.14. The lowest BCUT2D eigenvalue weighted by atomic mass is 10.1. The molecule has 0 spiro atoms. The predicted octanol–water partition coefficient (Wildman–Crippen LogP) is 4.91. The molecule has 0 amide bonds. The summed E-state index contributed by atoms with van der Waals surface area (Å²) in [4.78, 5) is 0. The van der Waals surface area contributed by atoms with Crippen LogP contribution in [0.3, 0.4) is 0 Å². The zero-order valence-electron chi connectivity index (χ0n) is 11.5. The zero-order valence-corrected chi connectivity index (χ0v) is 13.1. The number of benzene rings is 2. The van der Waals surface area contributed by atoms with Crippen LogP contribution in [0.5, 0.6) is 0 Å². The first kappa shape index (κ1) is 15.0. The summed E-state index contributed by atoms with van der Waals surface area (Å²) in [5.41, 5.74) is 2.68. The van der Waals surface area contributed by atoms with Gasteiger partial charge in [0, 0.05) is 22.8 Å². The highest BCUT2D eigenvalue weighted by molar-refractivity contribution is 9.10. The second kappa shape index (κ2) is 6.86. The molecule has 0 bridgehead atoms. The maximum absolute atomic E-state index is 13.9. The van der Waals surface area contributed by atoms with Gasteiger partial charge in [-0.2, -0.15) is 0 Å². The van der Waals surface area contributed by atoms with Crippen LogP contribution in [-0.2, 0) is 11.3 Å². The molecule has 0 radical (unpaired) electrons. The molecule has 20 heavy (non-hydrogen) atoms. The zero-order chi connectivity index (χ0) is 14.5. The molecule has 106 valence electrons. The van der Waals surface area contributed by atoms with Crippen LogP contribution in [0.25, 0.3) is 0 Å². The first-order valence-corrected chi connectivity index (χ1v) is 7.19. The van der Waals surface area contributed by atoms with Gasteiger partial charge in [0.1, 0.15) is 5.82 Å². The second-order valence-electron chi connectivity index (χ2n) is 4.67. The average Bonchev–Trinajstić information content (AvgIpc) is 2.39. The Morgan fingerprint density at radius 2 is 2.05 bits per heavy atom. The number of ether oxygens (including phenoxy) is 1. The molecular weight excluding hydrogens is 321 g/mol. The van der Waals surface area contributed by atoms with Gasteiger partial charge >= 0.3 is 0 Å². The molecule has 0 fully saturated rings. The van der Waals surface area contributed by atoms with E-state index in [-0.39, 0.29) is 11.9 Å². The third-order valence-electron chi connectivity index (χ3n) is 3.05. The summed E-state index contributed by atoms with van der Waals surface area (Å²) in [7, 11) is 1.67. The molecule has 2 nitrogen and oxygen atoms in total. The lowest BCUT2D eigenvalue weighted by molar-refractivity contribution is 0.185. The number of hydrogen-bond donors (Lipinski definition) is 1. The predicted molar refractivity (Wildman–Crippen MR) is 83.3 cm³/mol. The fraction of sp³-hybridized carbons (Fsp3) is 0.250. The summed E-state index contributed by atoms with van der Waals surface area (Å²) in [5, 5.41) is 3.31. The van der Waals surface area contributed by atoms with Gasteiger partial charge in [0.15, 0.2) is 0 Å². The largest absolute Gasteiger partial charge is 0.380 e. The summed E-state index contributed by atoms with van der Waals surface area (Å²) in [5.74, 6) is -0.215. The minimum absolute atomic E-state index is 0.110. The van der Waals surface area contributed by atoms with Crippen molar-refractivity contribution in [2.24, 2.45) is 0 Å². The molecule has 0 aliphatic carbocycles. The average molecular weight is 338 g/mol. The van der Waals surface area contributed by atoms with E-state index in [9.17, 15) is 4.39 Å². The molecule has 4 heteroatoms. The van der Waals surface area contributed by atoms with Crippen LogP contribution in [0.4, 0.5) is 10.1 Å². The molecule has 0 aliphatic rings. The van der Waals surface area contributed by atoms with E-state index in [1.807, 2.05) is 37.3 Å². The highest BCUT2D eigenvalue weighted by Crippen LogP contribution is 2.24. The topological polar surface area (TPSA) is 21.3 Å². The van der Waals surface area contributed by atoms with Crippen LogP contribution in [0.15, 0.2) is 46.9 Å². The monoisotopic (exact) mass is 337 g/mol. The first-order chi connectivity index (χ1) is 9.60. The molecule has 2 rings (SSSR count). The van der Waals surface area contributed by atoms with E-state index in [0.29, 0.717) is 12.2 Å². The quantitative estimate of drug-likeness (QED) is 0.837. The van der Waals surface area contributed by atoms with Crippen molar-refractivity contribution >= 4 is 21.6 Å². The molecule has 0 saturated carbocycles. The summed E-state index contributed by atoms with van der Waals surface area (Å²) in [6.07, 6.45) is 0. The summed E-state index contributed by atoms with van der Waals surface area (Å²) < 4.78 is 19.8. The van der Waals surface area contributed by atoms with Gasteiger partial charge in [0.2, 0.25) is 0 Å². The summed E-state index contributed by atoms with van der Waals surface area (Å²) in [6.45, 7) is 2.51. The van der Waals surface area contributed by atoms with Crippen LogP contribution in [0.2, 0.25) is 0 Å². The van der Waals surface area contributed by atoms with Crippen molar-refractivity contribution in [2.75, 3.05) is 12.4 Å². The Hall–Kier alpha value is -1.39. The standard InChI is InChI=1S/C16H17BrFNO/c1-11(15-7-6-13(17)9-16(15)18)19-14-5-3-4-12(8-14)10-20-2/h3-9,11,19H,10H2,1-2H3. The van der Waals surface area contributed by atoms with Crippen LogP contribution < -0.4 is 5.32 Å². The van der Waals surface area contributed by atoms with Crippen molar-refractivity contribution in [2.45, 2.75) is 19.6 Å². The Labute approximate surface area is 127 Å². The molecule has 0 aromatic heterocycles. The number of hydrogen-bond acceptors (Lipinski definition) is 2. The normalized spacial score (nSPS) is 12.2. The van der Waals surface area contributed by atoms with Gasteiger partial charge in [0.25, 0.3) is 0 Å². The SMILES string of the molecule is COCc1cccc(NC(C)c2ccc(Br)cc2F)c1. The van der Waals surface area contributed by atoms with Crippen molar-refractivity contribution in [3.8, 4) is 0 Å². The number of rotatable bonds is 5. The summed E-state index contributed by atoms with van der Waals surface area (Å²) >= 11 is 3.26. The van der Waals surface area contributed by atoms with Crippen LogP contribution >= 0.6 is 15.9 Å². The van der Waals surface area contributed by atoms with Crippen LogP contribution in [0, 0.1) is 5.82 Å². The van der Waals surface area contributed by atoms with E-state index < -0.39 is 0 Å². The Bertz CT molecular complexity index is 588. The van der Waals surface area contributed by atoms with E-state index in [1.54, 1.807) is 13.2 Å². The summed E-state index contributed by atoms with van der Waals surface area (Å²) in [6, 6.07) is 12.9. The highest BCUT2D eigenvalue weighted by Gasteiger charge is 2.11. The van der Waals surface area contributed by atoms with Crippen molar-refractivity contribution in [1.82, 2.24) is 0 Å². The van der Waals surface area contributed by atoms with Crippen molar-refractivity contribution < 1.29 is 9.13 Å². The number of methoxy groups -OCH3 is 1. The van der Waals surface area contributed by atoms with Gasteiger partial charge in [-0.1, -0.05) is 34.1 Å². The van der Waals surface area contributed by atoms with Gasteiger partial charge in [0.05, 0.1) is 12.6 Å². The minimum Gasteiger partial charge on any atom is -0.380 e. The molecule has 1 unspecified atom stereocenters. The van der Waals surface area contributed by atoms with Crippen molar-refractivity contribution in [1.29, 1.82) is 0 Å². The van der Waals surface area contributed by atoms with Gasteiger partial charge in [-0.25, -0.2) is 4.39 Å².